The van der Waals surface area contributed by atoms with Crippen molar-refractivity contribution in [3.63, 3.8) is 0 Å². The highest BCUT2D eigenvalue weighted by molar-refractivity contribution is 5.72. The van der Waals surface area contributed by atoms with Crippen LogP contribution in [0.1, 0.15) is 58.8 Å². The smallest absolute Gasteiger partial charge is 0.308 e. The minimum absolute atomic E-state index is 0.0244. The van der Waals surface area contributed by atoms with Crippen LogP contribution < -0.4 is 0 Å². The van der Waals surface area contributed by atoms with Crippen molar-refractivity contribution in [3.8, 4) is 0 Å². The molecule has 0 aromatic heterocycles. The Kier molecular flexibility index (Phi) is 5.73. The lowest BCUT2D eigenvalue weighted by molar-refractivity contribution is -0.152. The number of hydrogen-bond donors (Lipinski definition) is 0. The fraction of sp³-hybridized carbons (Fsp3) is 0.800. The van der Waals surface area contributed by atoms with E-state index in [1.54, 1.807) is 0 Å². The molecule has 0 heterocycles. The van der Waals surface area contributed by atoms with Crippen LogP contribution in [0.2, 0.25) is 0 Å². The SMILES string of the molecule is C=CCCC(C)(C)COC(=O)C1CCCCC1. The van der Waals surface area contributed by atoms with E-state index in [0.29, 0.717) is 6.61 Å². The molecule has 98 valence electrons. The van der Waals surface area contributed by atoms with Gasteiger partial charge in [-0.25, -0.2) is 0 Å². The molecule has 2 nitrogen and oxygen atoms in total. The molecule has 0 amide bonds. The van der Waals surface area contributed by atoms with Crippen LogP contribution in [0, 0.1) is 11.3 Å². The summed E-state index contributed by atoms with van der Waals surface area (Å²) >= 11 is 0. The maximum atomic E-state index is 11.9. The third kappa shape index (κ3) is 5.38. The van der Waals surface area contributed by atoms with Crippen LogP contribution in [0.15, 0.2) is 12.7 Å². The second-order valence-electron chi connectivity index (χ2n) is 5.93. The lowest BCUT2D eigenvalue weighted by atomic mass is 9.88. The van der Waals surface area contributed by atoms with Gasteiger partial charge >= 0.3 is 5.97 Å². The molecule has 2 heteroatoms. The first-order valence-electron chi connectivity index (χ1n) is 6.83. The summed E-state index contributed by atoms with van der Waals surface area (Å²) in [4.78, 5) is 11.9. The van der Waals surface area contributed by atoms with E-state index in [0.717, 1.165) is 25.7 Å². The van der Waals surface area contributed by atoms with E-state index in [1.165, 1.54) is 19.3 Å². The summed E-state index contributed by atoms with van der Waals surface area (Å²) < 4.78 is 5.47. The van der Waals surface area contributed by atoms with Gasteiger partial charge in [0, 0.05) is 0 Å². The molecule has 0 N–H and O–H groups in total. The first kappa shape index (κ1) is 14.3. The van der Waals surface area contributed by atoms with Crippen molar-refractivity contribution in [3.05, 3.63) is 12.7 Å². The van der Waals surface area contributed by atoms with Crippen LogP contribution in [-0.2, 0) is 9.53 Å². The summed E-state index contributed by atoms with van der Waals surface area (Å²) in [5, 5.41) is 0. The largest absolute Gasteiger partial charge is 0.465 e. The maximum absolute atomic E-state index is 11.9. The van der Waals surface area contributed by atoms with Crippen LogP contribution in [0.25, 0.3) is 0 Å². The van der Waals surface area contributed by atoms with E-state index in [2.05, 4.69) is 20.4 Å². The van der Waals surface area contributed by atoms with Gasteiger partial charge in [0.2, 0.25) is 0 Å². The van der Waals surface area contributed by atoms with Gasteiger partial charge in [-0.2, -0.15) is 0 Å². The van der Waals surface area contributed by atoms with Crippen LogP contribution in [0.5, 0.6) is 0 Å². The van der Waals surface area contributed by atoms with Gasteiger partial charge in [0.25, 0.3) is 0 Å². The summed E-state index contributed by atoms with van der Waals surface area (Å²) in [7, 11) is 0. The first-order valence-corrected chi connectivity index (χ1v) is 6.83. The maximum Gasteiger partial charge on any atom is 0.308 e. The Morgan fingerprint density at radius 3 is 2.59 bits per heavy atom. The van der Waals surface area contributed by atoms with Crippen molar-refractivity contribution >= 4 is 5.97 Å². The molecule has 17 heavy (non-hydrogen) atoms. The molecular weight excluding hydrogens is 212 g/mol. The molecule has 0 unspecified atom stereocenters. The van der Waals surface area contributed by atoms with E-state index >= 15 is 0 Å². The zero-order valence-electron chi connectivity index (χ0n) is 11.3. The van der Waals surface area contributed by atoms with E-state index in [1.807, 2.05) is 6.08 Å². The summed E-state index contributed by atoms with van der Waals surface area (Å²) in [5.41, 5.74) is 0.0680. The topological polar surface area (TPSA) is 26.3 Å². The van der Waals surface area contributed by atoms with Gasteiger partial charge in [0.1, 0.15) is 0 Å². The Labute approximate surface area is 105 Å². The summed E-state index contributed by atoms with van der Waals surface area (Å²) in [6.45, 7) is 8.55. The van der Waals surface area contributed by atoms with E-state index in [-0.39, 0.29) is 17.3 Å². The van der Waals surface area contributed by atoms with Gasteiger partial charge in [-0.05, 0) is 31.1 Å². The number of rotatable bonds is 6. The Balaban J connectivity index is 2.28. The first-order chi connectivity index (χ1) is 8.05. The van der Waals surface area contributed by atoms with Crippen LogP contribution in [0.4, 0.5) is 0 Å². The van der Waals surface area contributed by atoms with E-state index in [9.17, 15) is 4.79 Å². The van der Waals surface area contributed by atoms with Crippen LogP contribution in [0.3, 0.4) is 0 Å². The molecule has 0 saturated heterocycles. The standard InChI is InChI=1S/C15H26O2/c1-4-5-11-15(2,3)12-17-14(16)13-9-7-6-8-10-13/h4,13H,1,5-12H2,2-3H3. The number of carbonyl (C=O) groups excluding carboxylic acids is 1. The summed E-state index contributed by atoms with van der Waals surface area (Å²) in [6, 6.07) is 0. The Morgan fingerprint density at radius 1 is 1.35 bits per heavy atom. The lowest BCUT2D eigenvalue weighted by Gasteiger charge is -2.26. The van der Waals surface area contributed by atoms with Gasteiger partial charge in [0.05, 0.1) is 12.5 Å². The second-order valence-corrected chi connectivity index (χ2v) is 5.93. The van der Waals surface area contributed by atoms with Gasteiger partial charge in [0.15, 0.2) is 0 Å². The highest BCUT2D eigenvalue weighted by Crippen LogP contribution is 2.27. The number of ether oxygens (including phenoxy) is 1. The van der Waals surface area contributed by atoms with Crippen molar-refractivity contribution < 1.29 is 9.53 Å². The highest BCUT2D eigenvalue weighted by atomic mass is 16.5. The Hall–Kier alpha value is -0.790. The molecular formula is C15H26O2. The van der Waals surface area contributed by atoms with Gasteiger partial charge in [-0.15, -0.1) is 6.58 Å². The average molecular weight is 238 g/mol. The monoisotopic (exact) mass is 238 g/mol. The predicted molar refractivity (Wildman–Crippen MR) is 70.7 cm³/mol. The van der Waals surface area contributed by atoms with Gasteiger partial charge in [-0.3, -0.25) is 4.79 Å². The molecule has 1 fully saturated rings. The minimum atomic E-state index is 0.0244. The van der Waals surface area contributed by atoms with Crippen molar-refractivity contribution in [1.82, 2.24) is 0 Å². The normalized spacial score (nSPS) is 17.8. The fourth-order valence-electron chi connectivity index (χ4n) is 2.29. The highest BCUT2D eigenvalue weighted by Gasteiger charge is 2.25. The molecule has 0 spiro atoms. The second kappa shape index (κ2) is 6.83. The zero-order chi connectivity index (χ0) is 12.7. The zero-order valence-corrected chi connectivity index (χ0v) is 11.3. The molecule has 0 aliphatic heterocycles. The molecule has 0 atom stereocenters. The Morgan fingerprint density at radius 2 is 2.00 bits per heavy atom. The van der Waals surface area contributed by atoms with Crippen molar-refractivity contribution in [2.75, 3.05) is 6.61 Å². The number of esters is 1. The van der Waals surface area contributed by atoms with Crippen molar-refractivity contribution in [1.29, 1.82) is 0 Å². The molecule has 0 radical (unpaired) electrons. The third-order valence-corrected chi connectivity index (χ3v) is 3.57. The summed E-state index contributed by atoms with van der Waals surface area (Å²) in [5.74, 6) is 0.190. The molecule has 1 saturated carbocycles. The number of hydrogen-bond acceptors (Lipinski definition) is 2. The van der Waals surface area contributed by atoms with Gasteiger partial charge < -0.3 is 4.74 Å². The number of carbonyl (C=O) groups is 1. The van der Waals surface area contributed by atoms with Crippen LogP contribution >= 0.6 is 0 Å². The number of allylic oxidation sites excluding steroid dienone is 1. The van der Waals surface area contributed by atoms with Crippen molar-refractivity contribution in [2.24, 2.45) is 11.3 Å². The minimum Gasteiger partial charge on any atom is -0.465 e. The van der Waals surface area contributed by atoms with Gasteiger partial charge in [-0.1, -0.05) is 39.2 Å². The summed E-state index contributed by atoms with van der Waals surface area (Å²) in [6.07, 6.45) is 9.60. The van der Waals surface area contributed by atoms with Crippen molar-refractivity contribution in [2.45, 2.75) is 58.8 Å². The molecule has 1 aliphatic carbocycles. The molecule has 1 aliphatic rings. The molecule has 0 aromatic rings. The Bertz CT molecular complexity index is 250. The fourth-order valence-corrected chi connectivity index (χ4v) is 2.29. The molecule has 1 rings (SSSR count). The third-order valence-electron chi connectivity index (χ3n) is 3.57. The lowest BCUT2D eigenvalue weighted by Crippen LogP contribution is -2.26. The predicted octanol–water partition coefficient (Wildman–Crippen LogP) is 4.10. The quantitative estimate of drug-likeness (QED) is 0.514. The van der Waals surface area contributed by atoms with Crippen LogP contribution in [-0.4, -0.2) is 12.6 Å². The molecule has 0 aromatic carbocycles. The van der Waals surface area contributed by atoms with E-state index in [4.69, 9.17) is 4.74 Å². The average Bonchev–Trinajstić information content (AvgIpc) is 2.35. The molecule has 0 bridgehead atoms. The van der Waals surface area contributed by atoms with E-state index < -0.39 is 0 Å².